The van der Waals surface area contributed by atoms with Crippen LogP contribution < -0.4 is 9.47 Å². The van der Waals surface area contributed by atoms with Crippen LogP contribution in [0.5, 0.6) is 11.5 Å². The van der Waals surface area contributed by atoms with E-state index in [-0.39, 0.29) is 24.2 Å². The summed E-state index contributed by atoms with van der Waals surface area (Å²) < 4.78 is 16.6. The van der Waals surface area contributed by atoms with Crippen LogP contribution in [0.3, 0.4) is 0 Å². The summed E-state index contributed by atoms with van der Waals surface area (Å²) in [6, 6.07) is 5.70. The van der Waals surface area contributed by atoms with Crippen molar-refractivity contribution in [3.8, 4) is 11.5 Å². The van der Waals surface area contributed by atoms with E-state index in [1.165, 1.54) is 19.3 Å². The van der Waals surface area contributed by atoms with Crippen LogP contribution in [0.4, 0.5) is 0 Å². The number of rotatable bonds is 4. The maximum absolute atomic E-state index is 12.9. The summed E-state index contributed by atoms with van der Waals surface area (Å²) >= 11 is 0. The molecule has 2 aliphatic carbocycles. The van der Waals surface area contributed by atoms with Gasteiger partial charge in [0.2, 0.25) is 6.79 Å². The molecule has 0 N–H and O–H groups in total. The van der Waals surface area contributed by atoms with Crippen LogP contribution in [0.2, 0.25) is 0 Å². The highest BCUT2D eigenvalue weighted by atomic mass is 16.7. The molecule has 0 aromatic heterocycles. The lowest BCUT2D eigenvalue weighted by Crippen LogP contribution is -2.67. The minimum atomic E-state index is 0.0505. The maximum Gasteiger partial charge on any atom is 0.254 e. The molecule has 1 aromatic rings. The second-order valence-electron chi connectivity index (χ2n) is 6.77. The van der Waals surface area contributed by atoms with Crippen molar-refractivity contribution in [2.45, 2.75) is 44.8 Å². The van der Waals surface area contributed by atoms with Crippen molar-refractivity contribution < 1.29 is 19.0 Å². The summed E-state index contributed by atoms with van der Waals surface area (Å²) in [4.78, 5) is 14.8. The highest BCUT2D eigenvalue weighted by Crippen LogP contribution is 2.59. The molecule has 124 valence electrons. The molecular weight excluding hydrogens is 294 g/mol. The lowest BCUT2D eigenvalue weighted by molar-refractivity contribution is -0.192. The van der Waals surface area contributed by atoms with Gasteiger partial charge in [-0.15, -0.1) is 0 Å². The Kier molecular flexibility index (Phi) is 3.48. The molecule has 2 atom stereocenters. The number of amides is 1. The predicted octanol–water partition coefficient (Wildman–Crippen LogP) is 2.84. The monoisotopic (exact) mass is 317 g/mol. The van der Waals surface area contributed by atoms with E-state index in [2.05, 4.69) is 0 Å². The molecule has 0 radical (unpaired) electrons. The first-order valence-corrected chi connectivity index (χ1v) is 8.44. The summed E-state index contributed by atoms with van der Waals surface area (Å²) in [5.74, 6) is 1.41. The first-order valence-electron chi connectivity index (χ1n) is 8.44. The van der Waals surface area contributed by atoms with Gasteiger partial charge in [0.05, 0.1) is 6.10 Å². The summed E-state index contributed by atoms with van der Waals surface area (Å²) in [6.45, 7) is 3.02. The molecule has 0 bridgehead atoms. The zero-order valence-electron chi connectivity index (χ0n) is 13.7. The quantitative estimate of drug-likeness (QED) is 0.857. The predicted molar refractivity (Wildman–Crippen MR) is 84.8 cm³/mol. The second kappa shape index (κ2) is 5.41. The van der Waals surface area contributed by atoms with Gasteiger partial charge in [0.25, 0.3) is 5.91 Å². The Hall–Kier alpha value is -1.75. The van der Waals surface area contributed by atoms with Gasteiger partial charge in [-0.05, 0) is 44.4 Å². The summed E-state index contributed by atoms with van der Waals surface area (Å²) in [7, 11) is 1.92. The van der Waals surface area contributed by atoms with E-state index in [9.17, 15) is 4.79 Å². The Morgan fingerprint density at radius 2 is 2.13 bits per heavy atom. The molecule has 4 rings (SSSR count). The van der Waals surface area contributed by atoms with Crippen molar-refractivity contribution in [1.29, 1.82) is 0 Å². The van der Waals surface area contributed by atoms with E-state index in [0.29, 0.717) is 23.2 Å². The summed E-state index contributed by atoms with van der Waals surface area (Å²) in [6.07, 6.45) is 4.84. The third-order valence-electron chi connectivity index (χ3n) is 5.80. The van der Waals surface area contributed by atoms with Crippen LogP contribution in [-0.2, 0) is 4.74 Å². The Bertz CT molecular complexity index is 625. The third kappa shape index (κ3) is 2.13. The van der Waals surface area contributed by atoms with Gasteiger partial charge in [0.15, 0.2) is 11.5 Å². The van der Waals surface area contributed by atoms with Crippen molar-refractivity contribution in [3.05, 3.63) is 23.8 Å². The van der Waals surface area contributed by atoms with E-state index in [1.54, 1.807) is 6.07 Å². The lowest BCUT2D eigenvalue weighted by atomic mass is 9.50. The highest BCUT2D eigenvalue weighted by Gasteiger charge is 2.60. The Morgan fingerprint density at radius 3 is 2.83 bits per heavy atom. The van der Waals surface area contributed by atoms with Crippen LogP contribution in [0, 0.1) is 5.41 Å². The number of fused-ring (bicyclic) bond motifs is 1. The van der Waals surface area contributed by atoms with Crippen LogP contribution >= 0.6 is 0 Å². The molecule has 1 spiro atoms. The number of carbonyl (C=O) groups is 1. The van der Waals surface area contributed by atoms with E-state index in [0.717, 1.165) is 13.0 Å². The fourth-order valence-electron chi connectivity index (χ4n) is 4.32. The van der Waals surface area contributed by atoms with Crippen molar-refractivity contribution in [2.24, 2.45) is 5.41 Å². The zero-order chi connectivity index (χ0) is 16.0. The molecule has 1 heterocycles. The van der Waals surface area contributed by atoms with E-state index in [1.807, 2.05) is 31.0 Å². The van der Waals surface area contributed by atoms with Crippen molar-refractivity contribution in [2.75, 3.05) is 20.4 Å². The van der Waals surface area contributed by atoms with Gasteiger partial charge in [0.1, 0.15) is 0 Å². The van der Waals surface area contributed by atoms with Crippen LogP contribution in [0.1, 0.15) is 43.0 Å². The number of nitrogens with zero attached hydrogens (tertiary/aromatic N) is 1. The molecule has 1 amide bonds. The number of benzene rings is 1. The molecule has 5 heteroatoms. The fourth-order valence-corrected chi connectivity index (χ4v) is 4.32. The molecule has 5 nitrogen and oxygen atoms in total. The largest absolute Gasteiger partial charge is 0.454 e. The van der Waals surface area contributed by atoms with Gasteiger partial charge in [-0.2, -0.15) is 0 Å². The minimum Gasteiger partial charge on any atom is -0.454 e. The van der Waals surface area contributed by atoms with E-state index in [4.69, 9.17) is 14.2 Å². The van der Waals surface area contributed by atoms with Gasteiger partial charge in [-0.1, -0.05) is 6.42 Å². The number of carbonyl (C=O) groups excluding carboxylic acids is 1. The lowest BCUT2D eigenvalue weighted by Gasteiger charge is -2.63. The molecular formula is C18H23NO4. The minimum absolute atomic E-state index is 0.0505. The van der Waals surface area contributed by atoms with Gasteiger partial charge in [-0.25, -0.2) is 0 Å². The van der Waals surface area contributed by atoms with Crippen LogP contribution in [0.25, 0.3) is 0 Å². The average Bonchev–Trinajstić information content (AvgIpc) is 2.95. The molecule has 2 saturated carbocycles. The van der Waals surface area contributed by atoms with E-state index >= 15 is 0 Å². The third-order valence-corrected chi connectivity index (χ3v) is 5.80. The molecule has 0 saturated heterocycles. The number of ether oxygens (including phenoxy) is 3. The molecule has 23 heavy (non-hydrogen) atoms. The summed E-state index contributed by atoms with van der Waals surface area (Å²) in [5, 5.41) is 0. The maximum atomic E-state index is 12.9. The molecule has 1 aromatic carbocycles. The van der Waals surface area contributed by atoms with Crippen LogP contribution in [0.15, 0.2) is 18.2 Å². The smallest absolute Gasteiger partial charge is 0.254 e. The first kappa shape index (κ1) is 14.8. The van der Waals surface area contributed by atoms with Gasteiger partial charge in [0, 0.05) is 30.7 Å². The van der Waals surface area contributed by atoms with Crippen LogP contribution in [-0.4, -0.2) is 43.4 Å². The zero-order valence-corrected chi connectivity index (χ0v) is 13.7. The van der Waals surface area contributed by atoms with Crippen molar-refractivity contribution >= 4 is 5.91 Å². The Labute approximate surface area is 136 Å². The number of hydrogen-bond acceptors (Lipinski definition) is 4. The van der Waals surface area contributed by atoms with Gasteiger partial charge < -0.3 is 19.1 Å². The second-order valence-corrected chi connectivity index (χ2v) is 6.77. The molecule has 1 aliphatic heterocycles. The first-order chi connectivity index (χ1) is 11.2. The average molecular weight is 317 g/mol. The summed E-state index contributed by atoms with van der Waals surface area (Å²) in [5.41, 5.74) is 0.850. The van der Waals surface area contributed by atoms with E-state index < -0.39 is 0 Å². The van der Waals surface area contributed by atoms with Gasteiger partial charge >= 0.3 is 0 Å². The van der Waals surface area contributed by atoms with Crippen molar-refractivity contribution in [3.63, 3.8) is 0 Å². The van der Waals surface area contributed by atoms with Crippen molar-refractivity contribution in [1.82, 2.24) is 4.90 Å². The SMILES string of the molecule is CCO[C@@H]1C[C@H](N(C)C(=O)c2ccc3c(c2)OCO3)C12CCC2. The number of hydrogen-bond donors (Lipinski definition) is 0. The normalized spacial score (nSPS) is 26.5. The molecule has 2 fully saturated rings. The molecule has 3 aliphatic rings. The molecule has 0 unspecified atom stereocenters. The highest BCUT2D eigenvalue weighted by molar-refractivity contribution is 5.95. The van der Waals surface area contributed by atoms with Gasteiger partial charge in [-0.3, -0.25) is 4.79 Å². The topological polar surface area (TPSA) is 48.0 Å². The standard InChI is InChI=1S/C18H23NO4/c1-3-21-16-10-15(18(16)7-4-8-18)19(2)17(20)12-5-6-13-14(9-12)23-11-22-13/h5-6,9,15-16H,3-4,7-8,10-11H2,1-2H3/t15-,16+/m0/s1. The Balaban J connectivity index is 1.51. The Morgan fingerprint density at radius 1 is 1.35 bits per heavy atom. The fraction of sp³-hybridized carbons (Fsp3) is 0.611.